The van der Waals surface area contributed by atoms with Crippen molar-refractivity contribution in [2.45, 2.75) is 30.2 Å². The van der Waals surface area contributed by atoms with Gasteiger partial charge in [0.1, 0.15) is 0 Å². The van der Waals surface area contributed by atoms with Crippen molar-refractivity contribution in [3.05, 3.63) is 40.9 Å². The molecule has 4 nitrogen and oxygen atoms in total. The summed E-state index contributed by atoms with van der Waals surface area (Å²) in [5.74, 6) is 0.382. The van der Waals surface area contributed by atoms with Crippen molar-refractivity contribution >= 4 is 34.1 Å². The van der Waals surface area contributed by atoms with Crippen LogP contribution in [0.4, 0.5) is 5.13 Å². The number of fused-ring (bicyclic) bond motifs is 1. The van der Waals surface area contributed by atoms with E-state index in [0.29, 0.717) is 10.9 Å². The predicted molar refractivity (Wildman–Crippen MR) is 87.9 cm³/mol. The third-order valence-electron chi connectivity index (χ3n) is 3.34. The summed E-state index contributed by atoms with van der Waals surface area (Å²) in [6.45, 7) is 0. The maximum atomic E-state index is 12.0. The highest BCUT2D eigenvalue weighted by Gasteiger charge is 2.20. The summed E-state index contributed by atoms with van der Waals surface area (Å²) < 4.78 is 0. The lowest BCUT2D eigenvalue weighted by Gasteiger charge is -2.15. The van der Waals surface area contributed by atoms with Gasteiger partial charge in [0.05, 0.1) is 11.4 Å². The van der Waals surface area contributed by atoms with E-state index in [-0.39, 0.29) is 11.9 Å². The molecule has 1 aromatic carbocycles. The molecule has 21 heavy (non-hydrogen) atoms. The highest BCUT2D eigenvalue weighted by Crippen LogP contribution is 2.29. The summed E-state index contributed by atoms with van der Waals surface area (Å²) >= 11 is 3.08. The lowest BCUT2D eigenvalue weighted by molar-refractivity contribution is -0.113. The number of nitrogens with one attached hydrogen (secondary N) is 1. The Bertz CT molecular complexity index is 627. The Morgan fingerprint density at radius 2 is 2.24 bits per heavy atom. The number of aryl methyl sites for hydroxylation is 1. The first kappa shape index (κ1) is 14.6. The number of hydrogen-bond donors (Lipinski definition) is 2. The number of thiazole rings is 1. The van der Waals surface area contributed by atoms with Crippen LogP contribution in [0.2, 0.25) is 0 Å². The number of hydrogen-bond acceptors (Lipinski definition) is 5. The minimum atomic E-state index is -0.0146. The fourth-order valence-corrected chi connectivity index (χ4v) is 4.11. The molecule has 3 N–H and O–H groups in total. The van der Waals surface area contributed by atoms with Gasteiger partial charge in [-0.05, 0) is 31.4 Å². The van der Waals surface area contributed by atoms with E-state index in [4.69, 9.17) is 5.73 Å². The van der Waals surface area contributed by atoms with Crippen LogP contribution in [0.3, 0.4) is 0 Å². The molecule has 0 fully saturated rings. The number of thioether (sulfide) groups is 1. The average molecular weight is 319 g/mol. The van der Waals surface area contributed by atoms with E-state index < -0.39 is 0 Å². The van der Waals surface area contributed by atoms with Gasteiger partial charge in [-0.3, -0.25) is 4.79 Å². The monoisotopic (exact) mass is 319 g/mol. The number of aromatic nitrogens is 1. The fraction of sp³-hybridized carbons (Fsp3) is 0.333. The van der Waals surface area contributed by atoms with E-state index in [1.54, 1.807) is 11.3 Å². The van der Waals surface area contributed by atoms with Gasteiger partial charge in [-0.1, -0.05) is 18.2 Å². The number of nitrogens with two attached hydrogens (primary N) is 1. The van der Waals surface area contributed by atoms with Crippen LogP contribution in [0.1, 0.15) is 17.0 Å². The van der Waals surface area contributed by atoms with Crippen LogP contribution in [-0.4, -0.2) is 22.7 Å². The van der Waals surface area contributed by atoms with Crippen LogP contribution >= 0.6 is 23.1 Å². The summed E-state index contributed by atoms with van der Waals surface area (Å²) in [5.41, 5.74) is 7.06. The van der Waals surface area contributed by atoms with Gasteiger partial charge in [-0.2, -0.15) is 0 Å². The molecule has 1 heterocycles. The summed E-state index contributed by atoms with van der Waals surface area (Å²) in [4.78, 5) is 18.8. The van der Waals surface area contributed by atoms with Crippen molar-refractivity contribution in [1.82, 2.24) is 4.98 Å². The number of anilines is 1. The summed E-state index contributed by atoms with van der Waals surface area (Å²) in [6.07, 6.45) is 2.78. The molecule has 3 rings (SSSR count). The van der Waals surface area contributed by atoms with E-state index in [0.717, 1.165) is 29.9 Å². The smallest absolute Gasteiger partial charge is 0.236 e. The highest BCUT2D eigenvalue weighted by molar-refractivity contribution is 8.00. The molecule has 0 bridgehead atoms. The molecule has 0 saturated heterocycles. The zero-order chi connectivity index (χ0) is 14.7. The topological polar surface area (TPSA) is 68.0 Å². The molecule has 1 amide bonds. The highest BCUT2D eigenvalue weighted by atomic mass is 32.2. The van der Waals surface area contributed by atoms with Gasteiger partial charge in [0, 0.05) is 15.8 Å². The van der Waals surface area contributed by atoms with Crippen molar-refractivity contribution in [2.75, 3.05) is 11.1 Å². The maximum Gasteiger partial charge on any atom is 0.236 e. The number of nitrogens with zero attached hydrogens (tertiary/aromatic N) is 1. The van der Waals surface area contributed by atoms with Crippen LogP contribution in [0, 0.1) is 0 Å². The van der Waals surface area contributed by atoms with E-state index in [1.807, 2.05) is 30.3 Å². The quantitative estimate of drug-likeness (QED) is 0.850. The Morgan fingerprint density at radius 3 is 3.05 bits per heavy atom. The standard InChI is InChI=1S/C15H17N3OS2/c16-10-6-7-12-13(8-10)21-15(17-12)18-14(19)9-20-11-4-2-1-3-5-11/h1-5,10H,6-9,16H2,(H,17,18,19)/t10-/m0/s1. The lowest BCUT2D eigenvalue weighted by Crippen LogP contribution is -2.27. The molecule has 1 aliphatic carbocycles. The Kier molecular flexibility index (Phi) is 4.57. The number of benzene rings is 1. The molecule has 2 aromatic rings. The first-order valence-corrected chi connectivity index (χ1v) is 8.73. The van der Waals surface area contributed by atoms with Gasteiger partial charge in [0.25, 0.3) is 0 Å². The average Bonchev–Trinajstić information content (AvgIpc) is 2.87. The molecule has 0 aliphatic heterocycles. The second kappa shape index (κ2) is 6.60. The SMILES string of the molecule is N[C@H]1CCc2nc(NC(=O)CSc3ccccc3)sc2C1. The lowest BCUT2D eigenvalue weighted by atomic mass is 9.99. The van der Waals surface area contributed by atoms with Crippen molar-refractivity contribution < 1.29 is 4.79 Å². The summed E-state index contributed by atoms with van der Waals surface area (Å²) in [7, 11) is 0. The zero-order valence-electron chi connectivity index (χ0n) is 11.5. The third-order valence-corrected chi connectivity index (χ3v) is 5.38. The number of carbonyl (C=O) groups excluding carboxylic acids is 1. The molecule has 1 atom stereocenters. The molecular formula is C15H17N3OS2. The predicted octanol–water partition coefficient (Wildman–Crippen LogP) is 2.69. The van der Waals surface area contributed by atoms with Gasteiger partial charge in [0.15, 0.2) is 5.13 Å². The molecular weight excluding hydrogens is 302 g/mol. The van der Waals surface area contributed by atoms with Gasteiger partial charge < -0.3 is 11.1 Å². The normalized spacial score (nSPS) is 17.3. The molecule has 0 spiro atoms. The molecule has 110 valence electrons. The molecule has 0 radical (unpaired) electrons. The Morgan fingerprint density at radius 1 is 1.43 bits per heavy atom. The minimum absolute atomic E-state index is 0.0146. The second-order valence-electron chi connectivity index (χ2n) is 5.04. The first-order chi connectivity index (χ1) is 10.2. The largest absolute Gasteiger partial charge is 0.327 e. The van der Waals surface area contributed by atoms with E-state index in [9.17, 15) is 4.79 Å². The van der Waals surface area contributed by atoms with Crippen LogP contribution in [0.25, 0.3) is 0 Å². The van der Waals surface area contributed by atoms with E-state index in [2.05, 4.69) is 10.3 Å². The Labute approximate surface area is 132 Å². The van der Waals surface area contributed by atoms with Crippen molar-refractivity contribution in [3.8, 4) is 0 Å². The molecule has 0 unspecified atom stereocenters. The van der Waals surface area contributed by atoms with Gasteiger partial charge in [-0.25, -0.2) is 4.98 Å². The molecule has 6 heteroatoms. The van der Waals surface area contributed by atoms with Gasteiger partial charge in [0.2, 0.25) is 5.91 Å². The Hall–Kier alpha value is -1.37. The van der Waals surface area contributed by atoms with Crippen LogP contribution in [0.5, 0.6) is 0 Å². The molecule has 0 saturated carbocycles. The van der Waals surface area contributed by atoms with Crippen molar-refractivity contribution in [2.24, 2.45) is 5.73 Å². The van der Waals surface area contributed by atoms with Crippen LogP contribution in [0.15, 0.2) is 35.2 Å². The molecule has 1 aliphatic rings. The summed E-state index contributed by atoms with van der Waals surface area (Å²) in [6, 6.07) is 10.1. The van der Waals surface area contributed by atoms with Gasteiger partial charge in [-0.15, -0.1) is 23.1 Å². The second-order valence-corrected chi connectivity index (χ2v) is 7.17. The Balaban J connectivity index is 1.55. The van der Waals surface area contributed by atoms with Crippen LogP contribution < -0.4 is 11.1 Å². The molecule has 1 aromatic heterocycles. The maximum absolute atomic E-state index is 12.0. The van der Waals surface area contributed by atoms with E-state index >= 15 is 0 Å². The fourth-order valence-electron chi connectivity index (χ4n) is 2.27. The van der Waals surface area contributed by atoms with E-state index in [1.165, 1.54) is 16.6 Å². The third kappa shape index (κ3) is 3.84. The number of rotatable bonds is 4. The zero-order valence-corrected chi connectivity index (χ0v) is 13.2. The van der Waals surface area contributed by atoms with Crippen molar-refractivity contribution in [3.63, 3.8) is 0 Å². The number of carbonyl (C=O) groups is 1. The first-order valence-electron chi connectivity index (χ1n) is 6.92. The minimum Gasteiger partial charge on any atom is -0.327 e. The number of amides is 1. The van der Waals surface area contributed by atoms with Crippen molar-refractivity contribution in [1.29, 1.82) is 0 Å². The summed E-state index contributed by atoms with van der Waals surface area (Å²) in [5, 5.41) is 3.59. The van der Waals surface area contributed by atoms with Crippen LogP contribution in [-0.2, 0) is 17.6 Å². The van der Waals surface area contributed by atoms with Gasteiger partial charge >= 0.3 is 0 Å².